The Bertz CT molecular complexity index is 1360. The zero-order valence-corrected chi connectivity index (χ0v) is 28.0. The second-order valence-corrected chi connectivity index (χ2v) is 14.9. The maximum atomic E-state index is 12.8. The summed E-state index contributed by atoms with van der Waals surface area (Å²) in [5.41, 5.74) is 0.703. The van der Waals surface area contributed by atoms with Crippen molar-refractivity contribution >= 4 is 63.2 Å². The van der Waals surface area contributed by atoms with Gasteiger partial charge in [0.25, 0.3) is 0 Å². The van der Waals surface area contributed by atoms with Crippen molar-refractivity contribution in [3.63, 3.8) is 0 Å². The summed E-state index contributed by atoms with van der Waals surface area (Å²) in [7, 11) is -0.296. The molecule has 0 bridgehead atoms. The Hall–Kier alpha value is -1.88. The molecule has 4 aromatic rings. The summed E-state index contributed by atoms with van der Waals surface area (Å²) in [6.45, 7) is 2.25. The van der Waals surface area contributed by atoms with E-state index in [9.17, 15) is 4.79 Å². The lowest BCUT2D eigenvalue weighted by Gasteiger charge is -2.10. The largest absolute Gasteiger partial charge is 0.294 e. The number of carbonyl (C=O) groups excluding carboxylic acids is 1. The van der Waals surface area contributed by atoms with Crippen molar-refractivity contribution in [3.8, 4) is 0 Å². The molecule has 0 saturated carbocycles. The lowest BCUT2D eigenvalue weighted by atomic mass is 10.0. The number of benzene rings is 4. The fourth-order valence-corrected chi connectivity index (χ4v) is 8.23. The average molecular weight is 657 g/mol. The normalized spacial score (nSPS) is 11.3. The zero-order chi connectivity index (χ0) is 29.7. The maximum Gasteiger partial charge on any atom is 0.166 e. The van der Waals surface area contributed by atoms with Crippen molar-refractivity contribution in [2.45, 2.75) is 95.6 Å². The smallest absolute Gasteiger partial charge is 0.166 e. The van der Waals surface area contributed by atoms with Crippen molar-refractivity contribution in [2.24, 2.45) is 0 Å². The molecule has 6 heteroatoms. The zero-order valence-electron chi connectivity index (χ0n) is 24.1. The topological polar surface area (TPSA) is 17.1 Å². The molecule has 0 fully saturated rings. The Morgan fingerprint density at radius 3 is 1.60 bits per heavy atom. The van der Waals surface area contributed by atoms with Gasteiger partial charge in [-0.2, -0.15) is 0 Å². The van der Waals surface area contributed by atoms with E-state index in [1.807, 2.05) is 42.5 Å². The summed E-state index contributed by atoms with van der Waals surface area (Å²) < 4.78 is 0. The molecule has 4 rings (SSSR count). The standard InChI is InChI=1S/C36H38Cl3OS2/c1-2-3-4-5-6-7-8-9-10-11-35(40)27-12-25-36(34(39)26-27)41-30-17-23-33(24-18-30)42(31-19-13-28(37)14-20-31)32-21-15-29(38)16-22-32/h12-26H,2-11H2,1H3/q+1. The first-order valence-electron chi connectivity index (χ1n) is 14.8. The van der Waals surface area contributed by atoms with Crippen molar-refractivity contribution < 1.29 is 4.79 Å². The second-order valence-electron chi connectivity index (χ2n) is 10.4. The van der Waals surface area contributed by atoms with Gasteiger partial charge < -0.3 is 0 Å². The average Bonchev–Trinajstić information content (AvgIpc) is 3.00. The van der Waals surface area contributed by atoms with E-state index < -0.39 is 0 Å². The van der Waals surface area contributed by atoms with Crippen LogP contribution in [0, 0.1) is 0 Å². The Kier molecular flexibility index (Phi) is 13.7. The molecule has 4 aromatic carbocycles. The highest BCUT2D eigenvalue weighted by Crippen LogP contribution is 2.37. The number of carbonyl (C=O) groups is 1. The maximum absolute atomic E-state index is 12.8. The molecule has 0 N–H and O–H groups in total. The minimum Gasteiger partial charge on any atom is -0.294 e. The Morgan fingerprint density at radius 1 is 0.619 bits per heavy atom. The van der Waals surface area contributed by atoms with Crippen molar-refractivity contribution in [2.75, 3.05) is 0 Å². The molecule has 0 saturated heterocycles. The SMILES string of the molecule is CCCCCCCCCCCC(=O)c1ccc(Sc2ccc([S+](c3ccc(Cl)cc3)c3ccc(Cl)cc3)cc2)c(Cl)c1. The molecule has 0 radical (unpaired) electrons. The first-order chi connectivity index (χ1) is 20.4. The molecule has 0 aliphatic rings. The third kappa shape index (κ3) is 10.1. The summed E-state index contributed by atoms with van der Waals surface area (Å²) in [4.78, 5) is 18.4. The predicted molar refractivity (Wildman–Crippen MR) is 183 cm³/mol. The quantitative estimate of drug-likeness (QED) is 0.0678. The molecule has 220 valence electrons. The molecule has 1 nitrogen and oxygen atoms in total. The first-order valence-corrected chi connectivity index (χ1v) is 18.0. The lowest BCUT2D eigenvalue weighted by Crippen LogP contribution is -2.04. The molecular formula is C36H38Cl3OS2+. The van der Waals surface area contributed by atoms with Crippen LogP contribution in [0.5, 0.6) is 0 Å². The molecular weight excluding hydrogens is 619 g/mol. The minimum absolute atomic E-state index is 0.178. The monoisotopic (exact) mass is 655 g/mol. The highest BCUT2D eigenvalue weighted by molar-refractivity contribution is 7.99. The summed E-state index contributed by atoms with van der Waals surface area (Å²) >= 11 is 20.6. The van der Waals surface area contributed by atoms with Crippen LogP contribution in [-0.4, -0.2) is 5.78 Å². The van der Waals surface area contributed by atoms with E-state index in [1.54, 1.807) is 11.8 Å². The molecule has 0 aromatic heterocycles. The van der Waals surface area contributed by atoms with Crippen LogP contribution in [0.4, 0.5) is 0 Å². The molecule has 0 unspecified atom stereocenters. The summed E-state index contributed by atoms with van der Waals surface area (Å²) in [6.07, 6.45) is 11.8. The van der Waals surface area contributed by atoms with Gasteiger partial charge in [0.15, 0.2) is 20.5 Å². The van der Waals surface area contributed by atoms with Crippen molar-refractivity contribution in [1.29, 1.82) is 0 Å². The lowest BCUT2D eigenvalue weighted by molar-refractivity contribution is 0.0979. The van der Waals surface area contributed by atoms with Gasteiger partial charge in [0.2, 0.25) is 0 Å². The number of Topliss-reactive ketones (excluding diaryl/α,β-unsaturated/α-hetero) is 1. The Morgan fingerprint density at radius 2 is 1.10 bits per heavy atom. The molecule has 42 heavy (non-hydrogen) atoms. The van der Waals surface area contributed by atoms with Crippen LogP contribution in [0.1, 0.15) is 81.5 Å². The Balaban J connectivity index is 1.35. The van der Waals surface area contributed by atoms with E-state index in [4.69, 9.17) is 34.8 Å². The van der Waals surface area contributed by atoms with Crippen LogP contribution in [0.2, 0.25) is 15.1 Å². The van der Waals surface area contributed by atoms with Crippen molar-refractivity contribution in [1.82, 2.24) is 0 Å². The van der Waals surface area contributed by atoms with E-state index in [0.717, 1.165) is 32.7 Å². The summed E-state index contributed by atoms with van der Waals surface area (Å²) in [5, 5.41) is 2.06. The van der Waals surface area contributed by atoms with Crippen LogP contribution >= 0.6 is 46.6 Å². The van der Waals surface area contributed by atoms with Crippen LogP contribution in [0.3, 0.4) is 0 Å². The molecule has 0 spiro atoms. The Labute approximate surface area is 273 Å². The number of hydrogen-bond acceptors (Lipinski definition) is 2. The summed E-state index contributed by atoms with van der Waals surface area (Å²) in [5.74, 6) is 0.178. The van der Waals surface area contributed by atoms with E-state index in [1.165, 1.54) is 59.6 Å². The van der Waals surface area contributed by atoms with Crippen molar-refractivity contribution in [3.05, 3.63) is 112 Å². The van der Waals surface area contributed by atoms with Gasteiger partial charge in [0.05, 0.1) is 15.9 Å². The molecule has 0 aliphatic carbocycles. The van der Waals surface area contributed by atoms with Gasteiger partial charge in [-0.05, 0) is 91.3 Å². The summed E-state index contributed by atoms with van der Waals surface area (Å²) in [6, 6.07) is 30.4. The number of halogens is 3. The van der Waals surface area contributed by atoms with E-state index in [-0.39, 0.29) is 16.7 Å². The van der Waals surface area contributed by atoms with E-state index in [2.05, 4.69) is 55.5 Å². The molecule has 0 atom stereocenters. The number of rotatable bonds is 16. The third-order valence-electron chi connectivity index (χ3n) is 7.15. The molecule has 0 amide bonds. The van der Waals surface area contributed by atoms with Gasteiger partial charge in [-0.15, -0.1) is 0 Å². The van der Waals surface area contributed by atoms with Gasteiger partial charge >= 0.3 is 0 Å². The number of hydrogen-bond donors (Lipinski definition) is 0. The van der Waals surface area contributed by atoms with Gasteiger partial charge in [-0.1, -0.05) is 111 Å². The van der Waals surface area contributed by atoms with Gasteiger partial charge in [0, 0.05) is 31.8 Å². The van der Waals surface area contributed by atoms with Gasteiger partial charge in [0.1, 0.15) is 0 Å². The third-order valence-corrected chi connectivity index (χ3v) is 11.4. The van der Waals surface area contributed by atoms with E-state index in [0.29, 0.717) is 17.0 Å². The van der Waals surface area contributed by atoms with Gasteiger partial charge in [-0.3, -0.25) is 4.79 Å². The first kappa shape index (κ1) is 33.0. The highest BCUT2D eigenvalue weighted by Gasteiger charge is 2.28. The molecule has 0 heterocycles. The number of unbranched alkanes of at least 4 members (excludes halogenated alkanes) is 8. The molecule has 0 aliphatic heterocycles. The number of ketones is 1. The second kappa shape index (κ2) is 17.4. The van der Waals surface area contributed by atoms with Crippen LogP contribution in [0.15, 0.2) is 115 Å². The van der Waals surface area contributed by atoms with E-state index >= 15 is 0 Å². The minimum atomic E-state index is -0.296. The van der Waals surface area contributed by atoms with Crippen LogP contribution in [0.25, 0.3) is 0 Å². The predicted octanol–water partition coefficient (Wildman–Crippen LogP) is 13.0. The fraction of sp³-hybridized carbons (Fsp3) is 0.306. The van der Waals surface area contributed by atoms with Gasteiger partial charge in [-0.25, -0.2) is 0 Å². The highest BCUT2D eigenvalue weighted by atomic mass is 35.5. The van der Waals surface area contributed by atoms with Crippen LogP contribution in [-0.2, 0) is 10.9 Å². The fourth-order valence-electron chi connectivity index (χ4n) is 4.82. The van der Waals surface area contributed by atoms with Crippen LogP contribution < -0.4 is 0 Å².